The summed E-state index contributed by atoms with van der Waals surface area (Å²) in [6, 6.07) is 15.9. The molecule has 35 heavy (non-hydrogen) atoms. The zero-order chi connectivity index (χ0) is 25.9. The van der Waals surface area contributed by atoms with E-state index in [-0.39, 0.29) is 16.6 Å². The predicted octanol–water partition coefficient (Wildman–Crippen LogP) is 8.72. The average molecular weight is 487 g/mol. The number of aryl methyl sites for hydroxylation is 2. The molecular weight excluding hydrogens is 452 g/mol. The van der Waals surface area contributed by atoms with Gasteiger partial charge in [-0.1, -0.05) is 83.0 Å². The van der Waals surface area contributed by atoms with Crippen molar-refractivity contribution in [3.8, 4) is 28.0 Å². The van der Waals surface area contributed by atoms with Gasteiger partial charge in [0.25, 0.3) is 0 Å². The lowest BCUT2D eigenvalue weighted by Gasteiger charge is -2.32. The molecule has 1 aromatic heterocycles. The number of hydrogen-bond donors (Lipinski definition) is 2. The number of halogens is 1. The first-order chi connectivity index (χ1) is 16.2. The number of aromatic hydroxyl groups is 1. The van der Waals surface area contributed by atoms with Crippen LogP contribution in [0.15, 0.2) is 48.5 Å². The summed E-state index contributed by atoms with van der Waals surface area (Å²) in [6.07, 6.45) is 0. The summed E-state index contributed by atoms with van der Waals surface area (Å²) in [5.74, 6) is 0.711. The molecule has 0 aliphatic carbocycles. The maximum atomic E-state index is 10.8. The van der Waals surface area contributed by atoms with Crippen LogP contribution in [-0.4, -0.2) is 10.1 Å². The predicted molar refractivity (Wildman–Crippen MR) is 151 cm³/mol. The second-order valence-electron chi connectivity index (χ2n) is 11.6. The lowest BCUT2D eigenvalue weighted by molar-refractivity contribution is 0.466. The Labute approximate surface area is 214 Å². The van der Waals surface area contributed by atoms with Gasteiger partial charge < -0.3 is 10.8 Å². The molecule has 4 rings (SSSR count). The number of pyridine rings is 1. The van der Waals surface area contributed by atoms with E-state index in [9.17, 15) is 5.11 Å². The number of nitrogens with two attached hydrogens (primary N) is 1. The van der Waals surface area contributed by atoms with E-state index in [1.54, 1.807) is 0 Å². The maximum Gasteiger partial charge on any atom is 0.132 e. The van der Waals surface area contributed by atoms with E-state index in [0.29, 0.717) is 10.8 Å². The van der Waals surface area contributed by atoms with Gasteiger partial charge in [0.15, 0.2) is 0 Å². The van der Waals surface area contributed by atoms with Gasteiger partial charge in [0.1, 0.15) is 11.6 Å². The van der Waals surface area contributed by atoms with Crippen LogP contribution in [0.5, 0.6) is 5.75 Å². The van der Waals surface area contributed by atoms with E-state index in [1.807, 2.05) is 36.4 Å². The third-order valence-electron chi connectivity index (χ3n) is 6.58. The van der Waals surface area contributed by atoms with Gasteiger partial charge in [-0.15, -0.1) is 0 Å². The van der Waals surface area contributed by atoms with Crippen molar-refractivity contribution < 1.29 is 5.11 Å². The third kappa shape index (κ3) is 4.50. The number of nitrogens with zero attached hydrogens (tertiary/aromatic N) is 1. The molecule has 0 bridgehead atoms. The Hall–Kier alpha value is -3.04. The van der Waals surface area contributed by atoms with Crippen molar-refractivity contribution in [1.82, 2.24) is 4.98 Å². The van der Waals surface area contributed by atoms with Gasteiger partial charge >= 0.3 is 0 Å². The lowest BCUT2D eigenvalue weighted by Crippen LogP contribution is -2.20. The van der Waals surface area contributed by atoms with Crippen LogP contribution >= 0.6 is 11.6 Å². The standard InChI is InChI=1S/C31H35ClN2O/c1-17-13-18(2)28-21(14-17)25(20-11-9-10-12-24(20)32)27(29(33)34-28)26-22(30(3,4)5)15-19(35)16-23(26)31(6,7)8/h9-16,35H,1-8H3,(H2,33,34). The molecule has 182 valence electrons. The molecule has 0 unspecified atom stereocenters. The molecule has 0 saturated heterocycles. The van der Waals surface area contributed by atoms with Crippen molar-refractivity contribution in [2.24, 2.45) is 0 Å². The second-order valence-corrected chi connectivity index (χ2v) is 12.0. The molecule has 0 atom stereocenters. The minimum Gasteiger partial charge on any atom is -0.508 e. The average Bonchev–Trinajstić information content (AvgIpc) is 2.72. The van der Waals surface area contributed by atoms with Crippen molar-refractivity contribution in [1.29, 1.82) is 0 Å². The third-order valence-corrected chi connectivity index (χ3v) is 6.91. The summed E-state index contributed by atoms with van der Waals surface area (Å²) in [5, 5.41) is 12.4. The molecule has 0 radical (unpaired) electrons. The maximum absolute atomic E-state index is 10.8. The molecule has 0 fully saturated rings. The molecule has 4 heteroatoms. The summed E-state index contributed by atoms with van der Waals surface area (Å²) < 4.78 is 0. The Morgan fingerprint density at radius 3 is 1.91 bits per heavy atom. The van der Waals surface area contributed by atoms with Crippen molar-refractivity contribution in [3.05, 3.63) is 75.8 Å². The van der Waals surface area contributed by atoms with Gasteiger partial charge in [-0.2, -0.15) is 0 Å². The minimum atomic E-state index is -0.254. The molecule has 3 aromatic carbocycles. The first-order valence-electron chi connectivity index (χ1n) is 12.0. The number of phenolic OH excluding ortho intramolecular Hbond substituents is 1. The summed E-state index contributed by atoms with van der Waals surface area (Å²) in [7, 11) is 0. The summed E-state index contributed by atoms with van der Waals surface area (Å²) >= 11 is 6.83. The molecule has 0 amide bonds. The van der Waals surface area contributed by atoms with Crippen LogP contribution in [0.25, 0.3) is 33.2 Å². The van der Waals surface area contributed by atoms with Crippen molar-refractivity contribution >= 4 is 28.3 Å². The molecule has 0 spiro atoms. The van der Waals surface area contributed by atoms with Crippen LogP contribution in [0.1, 0.15) is 63.8 Å². The first kappa shape index (κ1) is 25.1. The number of anilines is 1. The number of hydrogen-bond acceptors (Lipinski definition) is 3. The van der Waals surface area contributed by atoms with Gasteiger partial charge in [0.2, 0.25) is 0 Å². The van der Waals surface area contributed by atoms with Crippen LogP contribution in [0.2, 0.25) is 5.02 Å². The van der Waals surface area contributed by atoms with Crippen LogP contribution in [0.3, 0.4) is 0 Å². The first-order valence-corrected chi connectivity index (χ1v) is 12.4. The molecule has 3 N–H and O–H groups in total. The zero-order valence-electron chi connectivity index (χ0n) is 22.0. The molecule has 4 aromatic rings. The lowest BCUT2D eigenvalue weighted by atomic mass is 9.73. The second kappa shape index (κ2) is 8.57. The fraction of sp³-hybridized carbons (Fsp3) is 0.323. The zero-order valence-corrected chi connectivity index (χ0v) is 22.7. The van der Waals surface area contributed by atoms with Crippen molar-refractivity contribution in [2.45, 2.75) is 66.2 Å². The Morgan fingerprint density at radius 2 is 1.37 bits per heavy atom. The van der Waals surface area contributed by atoms with E-state index >= 15 is 0 Å². The van der Waals surface area contributed by atoms with Crippen LogP contribution in [-0.2, 0) is 10.8 Å². The highest BCUT2D eigenvalue weighted by Gasteiger charge is 2.31. The van der Waals surface area contributed by atoms with Crippen molar-refractivity contribution in [3.63, 3.8) is 0 Å². The molecule has 0 saturated carbocycles. The molecule has 0 aliphatic heterocycles. The fourth-order valence-electron chi connectivity index (χ4n) is 5.01. The molecular formula is C31H35ClN2O. The number of aromatic nitrogens is 1. The SMILES string of the molecule is Cc1cc(C)c2nc(N)c(-c3c(C(C)(C)C)cc(O)cc3C(C)(C)C)c(-c3ccccc3Cl)c2c1. The fourth-order valence-corrected chi connectivity index (χ4v) is 5.24. The van der Waals surface area contributed by atoms with Gasteiger partial charge in [-0.25, -0.2) is 4.98 Å². The highest BCUT2D eigenvalue weighted by molar-refractivity contribution is 6.34. The van der Waals surface area contributed by atoms with E-state index in [1.165, 1.54) is 0 Å². The smallest absolute Gasteiger partial charge is 0.132 e. The topological polar surface area (TPSA) is 59.1 Å². The number of benzene rings is 3. The number of fused-ring (bicyclic) bond motifs is 1. The number of phenols is 1. The molecule has 1 heterocycles. The van der Waals surface area contributed by atoms with Crippen LogP contribution in [0.4, 0.5) is 5.82 Å². The largest absolute Gasteiger partial charge is 0.508 e. The van der Waals surface area contributed by atoms with Crippen LogP contribution in [0, 0.1) is 13.8 Å². The van der Waals surface area contributed by atoms with Gasteiger partial charge in [-0.05, 0) is 71.2 Å². The summed E-state index contributed by atoms with van der Waals surface area (Å²) in [5.41, 5.74) is 15.3. The van der Waals surface area contributed by atoms with Gasteiger partial charge in [0, 0.05) is 27.1 Å². The minimum absolute atomic E-state index is 0.252. The summed E-state index contributed by atoms with van der Waals surface area (Å²) in [4.78, 5) is 4.95. The quantitative estimate of drug-likeness (QED) is 0.297. The Kier molecular flexibility index (Phi) is 6.13. The van der Waals surface area contributed by atoms with Crippen LogP contribution < -0.4 is 5.73 Å². The Balaban J connectivity index is 2.34. The van der Waals surface area contributed by atoms with Gasteiger partial charge in [0.05, 0.1) is 5.52 Å². The van der Waals surface area contributed by atoms with E-state index in [0.717, 1.165) is 55.4 Å². The molecule has 3 nitrogen and oxygen atoms in total. The van der Waals surface area contributed by atoms with Crippen molar-refractivity contribution in [2.75, 3.05) is 5.73 Å². The highest BCUT2D eigenvalue weighted by atomic mass is 35.5. The monoisotopic (exact) mass is 486 g/mol. The number of rotatable bonds is 2. The highest BCUT2D eigenvalue weighted by Crippen LogP contribution is 2.50. The van der Waals surface area contributed by atoms with Gasteiger partial charge in [-0.3, -0.25) is 0 Å². The number of nitrogen functional groups attached to an aromatic ring is 1. The van der Waals surface area contributed by atoms with E-state index < -0.39 is 0 Å². The van der Waals surface area contributed by atoms with E-state index in [4.69, 9.17) is 22.3 Å². The summed E-state index contributed by atoms with van der Waals surface area (Å²) in [6.45, 7) is 17.1. The Morgan fingerprint density at radius 1 is 0.800 bits per heavy atom. The normalized spacial score (nSPS) is 12.4. The van der Waals surface area contributed by atoms with E-state index in [2.05, 4.69) is 67.5 Å². The molecule has 0 aliphatic rings. The Bertz CT molecular complexity index is 1420.